The Morgan fingerprint density at radius 2 is 2.38 bits per heavy atom. The molecule has 0 atom stereocenters. The van der Waals surface area contributed by atoms with Crippen LogP contribution in [0.5, 0.6) is 0 Å². The Morgan fingerprint density at radius 1 is 1.69 bits per heavy atom. The van der Waals surface area contributed by atoms with Crippen LogP contribution in [0.2, 0.25) is 0 Å². The number of thiazole rings is 1. The summed E-state index contributed by atoms with van der Waals surface area (Å²) in [5.41, 5.74) is 1.05. The van der Waals surface area contributed by atoms with E-state index in [0.29, 0.717) is 0 Å². The van der Waals surface area contributed by atoms with E-state index in [-0.39, 0.29) is 0 Å². The molecule has 0 N–H and O–H groups in total. The lowest BCUT2D eigenvalue weighted by Crippen LogP contribution is -2.20. The van der Waals surface area contributed by atoms with Crippen LogP contribution < -0.4 is 9.88 Å². The SMILES string of the molecule is C=C(/C=c1/nc(C)s/c1=C/C)CBr. The van der Waals surface area contributed by atoms with Gasteiger partial charge < -0.3 is 0 Å². The summed E-state index contributed by atoms with van der Waals surface area (Å²) in [6.07, 6.45) is 4.10. The Kier molecular flexibility index (Phi) is 3.88. The van der Waals surface area contributed by atoms with Gasteiger partial charge in [0.15, 0.2) is 0 Å². The van der Waals surface area contributed by atoms with Crippen LogP contribution in [0.25, 0.3) is 12.2 Å². The maximum Gasteiger partial charge on any atom is 0.0907 e. The summed E-state index contributed by atoms with van der Waals surface area (Å²) in [4.78, 5) is 4.42. The monoisotopic (exact) mass is 257 g/mol. The van der Waals surface area contributed by atoms with Crippen molar-refractivity contribution in [1.29, 1.82) is 0 Å². The lowest BCUT2D eigenvalue weighted by molar-refractivity contribution is 1.23. The lowest BCUT2D eigenvalue weighted by Gasteiger charge is -1.86. The summed E-state index contributed by atoms with van der Waals surface area (Å²) in [5, 5.41) is 2.93. The van der Waals surface area contributed by atoms with Gasteiger partial charge in [0.05, 0.1) is 14.9 Å². The zero-order valence-corrected chi connectivity index (χ0v) is 10.2. The van der Waals surface area contributed by atoms with E-state index >= 15 is 0 Å². The van der Waals surface area contributed by atoms with E-state index in [1.807, 2.05) is 19.9 Å². The van der Waals surface area contributed by atoms with Crippen molar-refractivity contribution in [2.75, 3.05) is 5.33 Å². The van der Waals surface area contributed by atoms with E-state index in [1.165, 1.54) is 4.53 Å². The highest BCUT2D eigenvalue weighted by Crippen LogP contribution is 1.97. The highest BCUT2D eigenvalue weighted by Gasteiger charge is 1.93. The third-order valence-corrected chi connectivity index (χ3v) is 3.33. The number of halogens is 1. The molecule has 0 aromatic carbocycles. The fourth-order valence-electron chi connectivity index (χ4n) is 1.00. The molecule has 1 heterocycles. The molecule has 0 amide bonds. The van der Waals surface area contributed by atoms with Crippen molar-refractivity contribution in [3.8, 4) is 0 Å². The van der Waals surface area contributed by atoms with Gasteiger partial charge in [-0.3, -0.25) is 0 Å². The van der Waals surface area contributed by atoms with Gasteiger partial charge in [-0.2, -0.15) is 0 Å². The standard InChI is InChI=1S/C10H12BrNS/c1-4-10-9(5-7(2)6-11)12-8(3)13-10/h4-5H,2,6H2,1,3H3/b9-5+,10-4+. The number of aromatic nitrogens is 1. The van der Waals surface area contributed by atoms with E-state index in [0.717, 1.165) is 21.3 Å². The Bertz CT molecular complexity index is 417. The van der Waals surface area contributed by atoms with Gasteiger partial charge in [-0.05, 0) is 25.5 Å². The molecule has 0 bridgehead atoms. The molecule has 0 radical (unpaired) electrons. The van der Waals surface area contributed by atoms with Crippen molar-refractivity contribution < 1.29 is 0 Å². The van der Waals surface area contributed by atoms with Crippen LogP contribution in [0.1, 0.15) is 11.9 Å². The molecular weight excluding hydrogens is 246 g/mol. The molecule has 0 aliphatic carbocycles. The third-order valence-electron chi connectivity index (χ3n) is 1.56. The first kappa shape index (κ1) is 10.7. The van der Waals surface area contributed by atoms with Crippen LogP contribution >= 0.6 is 27.3 Å². The largest absolute Gasteiger partial charge is 0.242 e. The van der Waals surface area contributed by atoms with Crippen LogP contribution in [0, 0.1) is 6.92 Å². The molecule has 0 fully saturated rings. The number of rotatable bonds is 2. The molecule has 0 spiro atoms. The molecule has 1 nitrogen and oxygen atoms in total. The molecule has 3 heteroatoms. The van der Waals surface area contributed by atoms with Crippen LogP contribution in [0.15, 0.2) is 12.2 Å². The minimum atomic E-state index is 0.798. The average molecular weight is 258 g/mol. The van der Waals surface area contributed by atoms with Gasteiger partial charge in [0.1, 0.15) is 0 Å². The summed E-state index contributed by atoms with van der Waals surface area (Å²) in [5.74, 6) is 0. The van der Waals surface area contributed by atoms with E-state index in [9.17, 15) is 0 Å². The fourth-order valence-corrected chi connectivity index (χ4v) is 1.95. The first-order valence-corrected chi connectivity index (χ1v) is 5.96. The maximum absolute atomic E-state index is 4.42. The topological polar surface area (TPSA) is 12.9 Å². The Balaban J connectivity index is 3.29. The van der Waals surface area contributed by atoms with E-state index in [2.05, 4.69) is 33.6 Å². The van der Waals surface area contributed by atoms with Crippen molar-refractivity contribution in [3.63, 3.8) is 0 Å². The summed E-state index contributed by atoms with van der Waals surface area (Å²) < 4.78 is 1.22. The number of hydrogen-bond acceptors (Lipinski definition) is 2. The second-order valence-corrected chi connectivity index (χ2v) is 4.50. The summed E-state index contributed by atoms with van der Waals surface area (Å²) >= 11 is 5.07. The highest BCUT2D eigenvalue weighted by molar-refractivity contribution is 9.09. The summed E-state index contributed by atoms with van der Waals surface area (Å²) in [6, 6.07) is 0. The van der Waals surface area contributed by atoms with Crippen LogP contribution in [-0.2, 0) is 0 Å². The molecule has 1 rings (SSSR count). The van der Waals surface area contributed by atoms with Crippen LogP contribution in [0.3, 0.4) is 0 Å². The average Bonchev–Trinajstić information content (AvgIpc) is 2.46. The van der Waals surface area contributed by atoms with Gasteiger partial charge >= 0.3 is 0 Å². The minimum absolute atomic E-state index is 0.798. The molecule has 0 aliphatic heterocycles. The number of allylic oxidation sites excluding steroid dienone is 1. The van der Waals surface area contributed by atoms with Gasteiger partial charge in [0, 0.05) is 5.33 Å². The molecule has 1 aromatic rings. The normalized spacial score (nSPS) is 13.8. The predicted octanol–water partition coefficient (Wildman–Crippen LogP) is 1.98. The molecule has 1 aromatic heterocycles. The molecule has 0 aliphatic rings. The van der Waals surface area contributed by atoms with Crippen LogP contribution in [0.4, 0.5) is 0 Å². The Morgan fingerprint density at radius 3 is 2.92 bits per heavy atom. The van der Waals surface area contributed by atoms with Gasteiger partial charge in [-0.1, -0.05) is 28.6 Å². The zero-order chi connectivity index (χ0) is 9.84. The first-order chi connectivity index (χ1) is 6.17. The predicted molar refractivity (Wildman–Crippen MR) is 63.6 cm³/mol. The summed E-state index contributed by atoms with van der Waals surface area (Å²) in [7, 11) is 0. The first-order valence-electron chi connectivity index (χ1n) is 4.02. The number of aryl methyl sites for hydroxylation is 1. The van der Waals surface area contributed by atoms with Crippen molar-refractivity contribution in [2.45, 2.75) is 13.8 Å². The van der Waals surface area contributed by atoms with Crippen LogP contribution in [-0.4, -0.2) is 10.3 Å². The second kappa shape index (κ2) is 4.72. The van der Waals surface area contributed by atoms with Crippen molar-refractivity contribution in [3.05, 3.63) is 27.0 Å². The lowest BCUT2D eigenvalue weighted by atomic mass is 10.3. The number of hydrogen-bond donors (Lipinski definition) is 0. The third kappa shape index (κ3) is 2.78. The molecule has 0 saturated heterocycles. The number of nitrogens with zero attached hydrogens (tertiary/aromatic N) is 1. The molecule has 70 valence electrons. The molecule has 0 unspecified atom stereocenters. The quantitative estimate of drug-likeness (QED) is 0.739. The maximum atomic E-state index is 4.42. The minimum Gasteiger partial charge on any atom is -0.242 e. The van der Waals surface area contributed by atoms with E-state index < -0.39 is 0 Å². The Hall–Kier alpha value is -0.410. The zero-order valence-electron chi connectivity index (χ0n) is 7.80. The smallest absolute Gasteiger partial charge is 0.0907 e. The highest BCUT2D eigenvalue weighted by atomic mass is 79.9. The second-order valence-electron chi connectivity index (χ2n) is 2.71. The van der Waals surface area contributed by atoms with Gasteiger partial charge in [0.2, 0.25) is 0 Å². The van der Waals surface area contributed by atoms with Crippen molar-refractivity contribution in [2.24, 2.45) is 0 Å². The molecular formula is C10H12BrNS. The Labute approximate surface area is 90.6 Å². The van der Waals surface area contributed by atoms with Crippen molar-refractivity contribution >= 4 is 39.4 Å². The molecule has 0 saturated carbocycles. The summed E-state index contributed by atoms with van der Waals surface area (Å²) in [6.45, 7) is 7.95. The molecule has 13 heavy (non-hydrogen) atoms. The fraction of sp³-hybridized carbons (Fsp3) is 0.300. The van der Waals surface area contributed by atoms with Gasteiger partial charge in [-0.15, -0.1) is 11.3 Å². The number of alkyl halides is 1. The van der Waals surface area contributed by atoms with E-state index in [4.69, 9.17) is 0 Å². The van der Waals surface area contributed by atoms with E-state index in [1.54, 1.807) is 11.3 Å². The van der Waals surface area contributed by atoms with Gasteiger partial charge in [-0.25, -0.2) is 4.98 Å². The van der Waals surface area contributed by atoms with Gasteiger partial charge in [0.25, 0.3) is 0 Å². The van der Waals surface area contributed by atoms with Crippen molar-refractivity contribution in [1.82, 2.24) is 4.98 Å².